The Morgan fingerprint density at radius 1 is 0.719 bits per heavy atom. The van der Waals surface area contributed by atoms with Crippen LogP contribution in [0, 0.1) is 0 Å². The van der Waals surface area contributed by atoms with E-state index in [1.807, 2.05) is 30.3 Å². The first-order valence-electron chi connectivity index (χ1n) is 10.8. The number of rotatable bonds is 4. The number of ether oxygens (including phenoxy) is 1. The summed E-state index contributed by atoms with van der Waals surface area (Å²) >= 11 is 0. The fourth-order valence-corrected chi connectivity index (χ4v) is 6.50. The highest BCUT2D eigenvalue weighted by Crippen LogP contribution is 2.44. The maximum atomic E-state index is 13.3. The predicted octanol–water partition coefficient (Wildman–Crippen LogP) is 7.89. The predicted molar refractivity (Wildman–Crippen MR) is 138 cm³/mol. The van der Waals surface area contributed by atoms with Gasteiger partial charge in [-0.2, -0.15) is 0 Å². The van der Waals surface area contributed by atoms with Gasteiger partial charge in [0.1, 0.15) is 5.75 Å². The average Bonchev–Trinajstić information content (AvgIpc) is 2.84. The van der Waals surface area contributed by atoms with Crippen molar-refractivity contribution in [1.82, 2.24) is 0 Å². The first-order valence-corrected chi connectivity index (χ1v) is 12.1. The van der Waals surface area contributed by atoms with Crippen molar-refractivity contribution in [2.75, 3.05) is 7.11 Å². The Morgan fingerprint density at radius 3 is 2.00 bits per heavy atom. The molecule has 0 aliphatic rings. The maximum Gasteiger partial charge on any atom is 0.203 e. The molecule has 4 aromatic carbocycles. The fraction of sp³-hybridized carbons (Fsp3) is 0.138. The summed E-state index contributed by atoms with van der Waals surface area (Å²) in [5.74, 6) is 1.24. The minimum Gasteiger partial charge on any atom is -0.497 e. The van der Waals surface area contributed by atoms with Gasteiger partial charge in [0.25, 0.3) is 0 Å². The molecule has 1 atom stereocenters. The van der Waals surface area contributed by atoms with Crippen LogP contribution in [0.5, 0.6) is 5.75 Å². The van der Waals surface area contributed by atoms with E-state index in [2.05, 4.69) is 74.5 Å². The lowest BCUT2D eigenvalue weighted by Crippen LogP contribution is -2.03. The Labute approximate surface area is 190 Å². The number of fused-ring (bicyclic) bond motifs is 2. The lowest BCUT2D eigenvalue weighted by Gasteiger charge is -2.08. The van der Waals surface area contributed by atoms with E-state index in [0.717, 1.165) is 37.0 Å². The molecule has 0 bridgehead atoms. The fourth-order valence-electron chi connectivity index (χ4n) is 4.18. The number of hydrogen-bond donors (Lipinski definition) is 0. The molecule has 0 saturated carbocycles. The van der Waals surface area contributed by atoms with Crippen LogP contribution in [0.15, 0.2) is 95.8 Å². The van der Waals surface area contributed by atoms with Crippen LogP contribution in [-0.2, 0) is 0 Å². The molecule has 1 unspecified atom stereocenters. The van der Waals surface area contributed by atoms with Crippen molar-refractivity contribution in [2.24, 2.45) is 0 Å². The second-order valence-electron chi connectivity index (χ2n) is 8.29. The molecular formula is C29H25O2S+. The third-order valence-electron chi connectivity index (χ3n) is 6.00. The molecule has 5 rings (SSSR count). The molecule has 158 valence electrons. The van der Waals surface area contributed by atoms with E-state index < -0.39 is 0 Å². The summed E-state index contributed by atoms with van der Waals surface area (Å²) in [5, 5.41) is 1.67. The van der Waals surface area contributed by atoms with Gasteiger partial charge in [-0.15, -0.1) is 0 Å². The molecule has 0 fully saturated rings. The summed E-state index contributed by atoms with van der Waals surface area (Å²) in [7, 11) is 1.37. The topological polar surface area (TPSA) is 26.3 Å². The molecule has 1 aromatic heterocycles. The first-order chi connectivity index (χ1) is 15.6. The molecule has 0 saturated heterocycles. The lowest BCUT2D eigenvalue weighted by molar-refractivity contribution is 0.415. The van der Waals surface area contributed by atoms with Gasteiger partial charge >= 0.3 is 0 Å². The first kappa shape index (κ1) is 20.5. The van der Waals surface area contributed by atoms with Gasteiger partial charge in [-0.1, -0.05) is 44.2 Å². The second kappa shape index (κ2) is 8.25. The molecule has 0 aliphatic carbocycles. The van der Waals surface area contributed by atoms with Crippen LogP contribution in [0.4, 0.5) is 0 Å². The molecule has 0 radical (unpaired) electrons. The van der Waals surface area contributed by atoms with E-state index in [4.69, 9.17) is 4.74 Å². The van der Waals surface area contributed by atoms with Crippen molar-refractivity contribution >= 4 is 30.6 Å². The molecular weight excluding hydrogens is 412 g/mol. The Morgan fingerprint density at radius 2 is 1.34 bits per heavy atom. The molecule has 0 spiro atoms. The minimum atomic E-state index is -0.311. The van der Waals surface area contributed by atoms with Crippen LogP contribution in [0.3, 0.4) is 0 Å². The molecule has 0 N–H and O–H groups in total. The molecule has 5 aromatic rings. The molecule has 1 heterocycles. The van der Waals surface area contributed by atoms with E-state index in [-0.39, 0.29) is 15.9 Å². The van der Waals surface area contributed by atoms with Gasteiger partial charge in [-0.05, 0) is 83.3 Å². The molecule has 0 amide bonds. The van der Waals surface area contributed by atoms with Gasteiger partial charge in [-0.3, -0.25) is 4.79 Å². The number of benzene rings is 4. The molecule has 2 nitrogen and oxygen atoms in total. The second-order valence-corrected chi connectivity index (χ2v) is 10.3. The summed E-state index contributed by atoms with van der Waals surface area (Å²) in [6.07, 6.45) is 0. The number of methoxy groups -OCH3 is 1. The summed E-state index contributed by atoms with van der Waals surface area (Å²) in [6.45, 7) is 4.33. The zero-order valence-electron chi connectivity index (χ0n) is 18.5. The SMILES string of the molecule is COc1ccc(-c2ccc(-[s+]3c4ccccc4c(=O)c4cc(C(C)C)ccc43)cc2)cc1. The third-order valence-corrected chi connectivity index (χ3v) is 8.34. The summed E-state index contributed by atoms with van der Waals surface area (Å²) in [6, 6.07) is 31.4. The Balaban J connectivity index is 1.71. The van der Waals surface area contributed by atoms with Gasteiger partial charge in [0.15, 0.2) is 14.3 Å². The monoisotopic (exact) mass is 437 g/mol. The van der Waals surface area contributed by atoms with Crippen LogP contribution in [0.2, 0.25) is 0 Å². The van der Waals surface area contributed by atoms with Crippen LogP contribution < -0.4 is 10.2 Å². The Hall–Kier alpha value is -3.43. The quantitative estimate of drug-likeness (QED) is 0.211. The van der Waals surface area contributed by atoms with Crippen LogP contribution >= 0.6 is 10.5 Å². The van der Waals surface area contributed by atoms with Gasteiger partial charge in [0.05, 0.1) is 17.9 Å². The van der Waals surface area contributed by atoms with Gasteiger partial charge < -0.3 is 4.74 Å². The highest BCUT2D eigenvalue weighted by Gasteiger charge is 2.23. The van der Waals surface area contributed by atoms with E-state index in [1.165, 1.54) is 10.5 Å². The average molecular weight is 438 g/mol. The number of hydrogen-bond acceptors (Lipinski definition) is 2. The van der Waals surface area contributed by atoms with Crippen molar-refractivity contribution in [1.29, 1.82) is 0 Å². The highest BCUT2D eigenvalue weighted by atomic mass is 32.2. The molecule has 3 heteroatoms. The zero-order chi connectivity index (χ0) is 22.2. The highest BCUT2D eigenvalue weighted by molar-refractivity contribution is 7.49. The summed E-state index contributed by atoms with van der Waals surface area (Å²) < 4.78 is 7.51. The van der Waals surface area contributed by atoms with E-state index in [9.17, 15) is 4.79 Å². The van der Waals surface area contributed by atoms with Crippen molar-refractivity contribution in [3.8, 4) is 21.8 Å². The van der Waals surface area contributed by atoms with Crippen molar-refractivity contribution < 1.29 is 4.74 Å². The van der Waals surface area contributed by atoms with Crippen LogP contribution in [0.25, 0.3) is 36.2 Å². The van der Waals surface area contributed by atoms with Crippen molar-refractivity contribution in [2.45, 2.75) is 19.8 Å². The van der Waals surface area contributed by atoms with E-state index in [0.29, 0.717) is 5.92 Å². The van der Waals surface area contributed by atoms with Crippen LogP contribution in [0.1, 0.15) is 25.3 Å². The zero-order valence-corrected chi connectivity index (χ0v) is 19.3. The lowest BCUT2D eigenvalue weighted by atomic mass is 10.0. The minimum absolute atomic E-state index is 0.136. The van der Waals surface area contributed by atoms with Crippen molar-refractivity contribution in [3.05, 3.63) is 107 Å². The standard InChI is InChI=1S/C29H25O2S/c1-19(2)22-12-17-28-26(18-22)29(30)25-6-4-5-7-27(25)32(28)24-15-10-21(11-16-24)20-8-13-23(31-3)14-9-20/h4-19H,1-3H3/q+1. The van der Waals surface area contributed by atoms with E-state index in [1.54, 1.807) is 7.11 Å². The van der Waals surface area contributed by atoms with Gasteiger partial charge in [0, 0.05) is 10.5 Å². The Kier molecular flexibility index (Phi) is 5.28. The summed E-state index contributed by atoms with van der Waals surface area (Å²) in [4.78, 5) is 14.6. The Bertz CT molecular complexity index is 1480. The van der Waals surface area contributed by atoms with Crippen molar-refractivity contribution in [3.63, 3.8) is 0 Å². The molecule has 0 aliphatic heterocycles. The largest absolute Gasteiger partial charge is 0.497 e. The van der Waals surface area contributed by atoms with Crippen LogP contribution in [-0.4, -0.2) is 7.11 Å². The molecule has 32 heavy (non-hydrogen) atoms. The maximum absolute atomic E-state index is 13.3. The van der Waals surface area contributed by atoms with Gasteiger partial charge in [0.2, 0.25) is 5.43 Å². The normalized spacial score (nSPS) is 11.9. The smallest absolute Gasteiger partial charge is 0.203 e. The third kappa shape index (κ3) is 3.49. The van der Waals surface area contributed by atoms with Gasteiger partial charge in [-0.25, -0.2) is 0 Å². The summed E-state index contributed by atoms with van der Waals surface area (Å²) in [5.41, 5.74) is 3.66. The van der Waals surface area contributed by atoms with E-state index >= 15 is 0 Å².